The molecular formula is C17H17ClN4O. The predicted molar refractivity (Wildman–Crippen MR) is 89.8 cm³/mol. The van der Waals surface area contributed by atoms with Crippen LogP contribution in [0.2, 0.25) is 5.15 Å². The lowest BCUT2D eigenvalue weighted by Crippen LogP contribution is -2.27. The number of carbonyl (C=O) groups excluding carboxylic acids is 1. The van der Waals surface area contributed by atoms with Gasteiger partial charge in [-0.2, -0.15) is 5.10 Å². The average Bonchev–Trinajstić information content (AvgIpc) is 2.90. The molecule has 3 aromatic rings. The molecule has 0 saturated heterocycles. The number of aryl methyl sites for hydroxylation is 2. The molecule has 3 rings (SSSR count). The first kappa shape index (κ1) is 15.5. The summed E-state index contributed by atoms with van der Waals surface area (Å²) in [4.78, 5) is 16.7. The molecule has 0 fully saturated rings. The van der Waals surface area contributed by atoms with Crippen LogP contribution in [0.4, 0.5) is 0 Å². The maximum atomic E-state index is 12.4. The number of nitrogens with zero attached hydrogens (tertiary/aromatic N) is 3. The summed E-state index contributed by atoms with van der Waals surface area (Å²) in [5.41, 5.74) is 4.35. The molecule has 5 nitrogen and oxygen atoms in total. The third-order valence-corrected chi connectivity index (χ3v) is 3.96. The predicted octanol–water partition coefficient (Wildman–Crippen LogP) is 3.49. The van der Waals surface area contributed by atoms with Gasteiger partial charge in [-0.3, -0.25) is 4.79 Å². The number of imidazole rings is 1. The zero-order valence-corrected chi connectivity index (χ0v) is 13.9. The zero-order chi connectivity index (χ0) is 16.6. The summed E-state index contributed by atoms with van der Waals surface area (Å²) in [5.74, 6) is -0.237. The summed E-state index contributed by atoms with van der Waals surface area (Å²) in [7, 11) is 0. The molecule has 2 aromatic heterocycles. The standard InChI is InChI=1S/C17H17ClN4O/c1-10-4-5-13(11(2)8-10)12(3)19-17(23)14-9-22-16(20-14)7-6-15(18)21-22/h4-9,12H,1-3H3,(H,19,23)/t12-/m0/s1. The number of hydrogen-bond donors (Lipinski definition) is 1. The van der Waals surface area contributed by atoms with Crippen molar-refractivity contribution >= 4 is 23.2 Å². The van der Waals surface area contributed by atoms with Crippen LogP contribution in [-0.2, 0) is 0 Å². The Balaban J connectivity index is 1.82. The van der Waals surface area contributed by atoms with Crippen molar-refractivity contribution in [3.05, 3.63) is 64.1 Å². The topological polar surface area (TPSA) is 59.3 Å². The molecule has 23 heavy (non-hydrogen) atoms. The van der Waals surface area contributed by atoms with E-state index in [0.717, 1.165) is 11.1 Å². The normalized spacial score (nSPS) is 12.3. The van der Waals surface area contributed by atoms with E-state index >= 15 is 0 Å². The number of aromatic nitrogens is 3. The molecule has 0 bridgehead atoms. The van der Waals surface area contributed by atoms with Crippen molar-refractivity contribution in [1.82, 2.24) is 19.9 Å². The first-order valence-electron chi connectivity index (χ1n) is 7.34. The van der Waals surface area contributed by atoms with Crippen LogP contribution < -0.4 is 5.32 Å². The Morgan fingerprint density at radius 2 is 2.04 bits per heavy atom. The first-order chi connectivity index (χ1) is 10.9. The van der Waals surface area contributed by atoms with Gasteiger partial charge in [0.2, 0.25) is 0 Å². The number of rotatable bonds is 3. The Morgan fingerprint density at radius 3 is 2.78 bits per heavy atom. The summed E-state index contributed by atoms with van der Waals surface area (Å²) >= 11 is 5.84. The number of benzene rings is 1. The molecule has 0 unspecified atom stereocenters. The van der Waals surface area contributed by atoms with Crippen molar-refractivity contribution < 1.29 is 4.79 Å². The van der Waals surface area contributed by atoms with E-state index in [0.29, 0.717) is 16.5 Å². The Hall–Kier alpha value is -2.40. The minimum absolute atomic E-state index is 0.107. The summed E-state index contributed by atoms with van der Waals surface area (Å²) in [6.45, 7) is 6.05. The molecule has 1 N–H and O–H groups in total. The molecule has 0 radical (unpaired) electrons. The smallest absolute Gasteiger partial charge is 0.272 e. The van der Waals surface area contributed by atoms with E-state index < -0.39 is 0 Å². The van der Waals surface area contributed by atoms with E-state index in [4.69, 9.17) is 11.6 Å². The molecule has 6 heteroatoms. The second-order valence-electron chi connectivity index (χ2n) is 5.64. The van der Waals surface area contributed by atoms with E-state index in [-0.39, 0.29) is 11.9 Å². The highest BCUT2D eigenvalue weighted by Crippen LogP contribution is 2.19. The quantitative estimate of drug-likeness (QED) is 0.800. The van der Waals surface area contributed by atoms with Crippen LogP contribution in [0, 0.1) is 13.8 Å². The number of halogens is 1. The summed E-state index contributed by atoms with van der Waals surface area (Å²) in [6.07, 6.45) is 1.57. The highest BCUT2D eigenvalue weighted by molar-refractivity contribution is 6.29. The number of carbonyl (C=O) groups is 1. The first-order valence-corrected chi connectivity index (χ1v) is 7.72. The third-order valence-electron chi connectivity index (χ3n) is 3.76. The maximum Gasteiger partial charge on any atom is 0.272 e. The molecule has 1 aromatic carbocycles. The zero-order valence-electron chi connectivity index (χ0n) is 13.2. The lowest BCUT2D eigenvalue weighted by atomic mass is 10.0. The molecule has 0 aliphatic heterocycles. The Kier molecular flexibility index (Phi) is 4.05. The van der Waals surface area contributed by atoms with Crippen molar-refractivity contribution in [3.8, 4) is 0 Å². The van der Waals surface area contributed by atoms with Gasteiger partial charge in [-0.05, 0) is 44.0 Å². The van der Waals surface area contributed by atoms with Crippen molar-refractivity contribution in [1.29, 1.82) is 0 Å². The SMILES string of the molecule is Cc1ccc([C@H](C)NC(=O)c2cn3nc(Cl)ccc3n2)c(C)c1. The molecule has 118 valence electrons. The van der Waals surface area contributed by atoms with Gasteiger partial charge in [-0.25, -0.2) is 9.50 Å². The summed E-state index contributed by atoms with van der Waals surface area (Å²) < 4.78 is 1.50. The number of fused-ring (bicyclic) bond motifs is 1. The van der Waals surface area contributed by atoms with Crippen LogP contribution in [0.3, 0.4) is 0 Å². The number of hydrogen-bond acceptors (Lipinski definition) is 3. The second kappa shape index (κ2) is 6.01. The third kappa shape index (κ3) is 3.19. The Bertz CT molecular complexity index is 887. The van der Waals surface area contributed by atoms with E-state index in [9.17, 15) is 4.79 Å². The number of amides is 1. The van der Waals surface area contributed by atoms with Crippen molar-refractivity contribution in [2.24, 2.45) is 0 Å². The lowest BCUT2D eigenvalue weighted by molar-refractivity contribution is 0.0935. The fourth-order valence-electron chi connectivity index (χ4n) is 2.63. The molecule has 1 atom stereocenters. The highest BCUT2D eigenvalue weighted by Gasteiger charge is 2.16. The van der Waals surface area contributed by atoms with Gasteiger partial charge in [0.15, 0.2) is 5.65 Å². The lowest BCUT2D eigenvalue weighted by Gasteiger charge is -2.16. The van der Waals surface area contributed by atoms with E-state index in [2.05, 4.69) is 28.4 Å². The minimum atomic E-state index is -0.237. The van der Waals surface area contributed by atoms with Crippen LogP contribution in [0.1, 0.15) is 40.1 Å². The van der Waals surface area contributed by atoms with Gasteiger partial charge >= 0.3 is 0 Å². The summed E-state index contributed by atoms with van der Waals surface area (Å²) in [5, 5.41) is 7.40. The van der Waals surface area contributed by atoms with Gasteiger partial charge in [-0.1, -0.05) is 35.4 Å². The average molecular weight is 329 g/mol. The minimum Gasteiger partial charge on any atom is -0.344 e. The van der Waals surface area contributed by atoms with E-state index in [1.807, 2.05) is 26.0 Å². The monoisotopic (exact) mass is 328 g/mol. The van der Waals surface area contributed by atoms with Gasteiger partial charge in [-0.15, -0.1) is 0 Å². The molecular weight excluding hydrogens is 312 g/mol. The molecule has 0 aliphatic rings. The maximum absolute atomic E-state index is 12.4. The van der Waals surface area contributed by atoms with Gasteiger partial charge in [0, 0.05) is 0 Å². The molecule has 2 heterocycles. The van der Waals surface area contributed by atoms with Crippen molar-refractivity contribution in [2.45, 2.75) is 26.8 Å². The van der Waals surface area contributed by atoms with Crippen LogP contribution in [0.15, 0.2) is 36.5 Å². The van der Waals surface area contributed by atoms with Crippen molar-refractivity contribution in [2.75, 3.05) is 0 Å². The number of nitrogens with one attached hydrogen (secondary N) is 1. The van der Waals surface area contributed by atoms with E-state index in [1.54, 1.807) is 18.3 Å². The molecule has 0 aliphatic carbocycles. The van der Waals surface area contributed by atoms with Crippen LogP contribution in [0.25, 0.3) is 5.65 Å². The van der Waals surface area contributed by atoms with Crippen LogP contribution in [0.5, 0.6) is 0 Å². The van der Waals surface area contributed by atoms with E-state index in [1.165, 1.54) is 10.1 Å². The molecule has 0 spiro atoms. The van der Waals surface area contributed by atoms with Crippen LogP contribution in [-0.4, -0.2) is 20.5 Å². The fourth-order valence-corrected chi connectivity index (χ4v) is 2.77. The Morgan fingerprint density at radius 1 is 1.26 bits per heavy atom. The van der Waals surface area contributed by atoms with Crippen LogP contribution >= 0.6 is 11.6 Å². The molecule has 1 amide bonds. The largest absolute Gasteiger partial charge is 0.344 e. The highest BCUT2D eigenvalue weighted by atomic mass is 35.5. The van der Waals surface area contributed by atoms with Gasteiger partial charge in [0.25, 0.3) is 5.91 Å². The Labute approximate surface area is 139 Å². The van der Waals surface area contributed by atoms with Gasteiger partial charge < -0.3 is 5.32 Å². The summed E-state index contributed by atoms with van der Waals surface area (Å²) in [6, 6.07) is 9.45. The van der Waals surface area contributed by atoms with Crippen molar-refractivity contribution in [3.63, 3.8) is 0 Å². The van der Waals surface area contributed by atoms with Gasteiger partial charge in [0.05, 0.1) is 12.2 Å². The second-order valence-corrected chi connectivity index (χ2v) is 6.03. The molecule has 0 saturated carbocycles. The fraction of sp³-hybridized carbons (Fsp3) is 0.235. The van der Waals surface area contributed by atoms with Gasteiger partial charge in [0.1, 0.15) is 10.8 Å².